The molecule has 19 heavy (non-hydrogen) atoms. The summed E-state index contributed by atoms with van der Waals surface area (Å²) in [5.41, 5.74) is 0.749. The molecule has 2 heterocycles. The molecule has 0 aliphatic rings. The zero-order chi connectivity index (χ0) is 13.8. The largest absolute Gasteiger partial charge is 0.481 e. The lowest BCUT2D eigenvalue weighted by Gasteiger charge is -2.09. The molecule has 1 N–H and O–H groups in total. The van der Waals surface area contributed by atoms with E-state index in [1.165, 1.54) is 6.26 Å². The molecule has 0 saturated carbocycles. The fraction of sp³-hybridized carbons (Fsp3) is 0.455. The van der Waals surface area contributed by atoms with Gasteiger partial charge in [-0.3, -0.25) is 9.36 Å². The summed E-state index contributed by atoms with van der Waals surface area (Å²) in [5, 5.41) is 21.3. The standard InChI is InChI=1S/C11H14N4O3S/c1-7(2)10-12-13-11(19-6-9(16)17)15(10)5-8-3-4-18-14-8/h3-4,7H,5-6H2,1-2H3,(H,16,17). The molecule has 0 aliphatic carbocycles. The van der Waals surface area contributed by atoms with Gasteiger partial charge in [0.1, 0.15) is 17.8 Å². The van der Waals surface area contributed by atoms with Gasteiger partial charge in [0.15, 0.2) is 5.16 Å². The monoisotopic (exact) mass is 282 g/mol. The van der Waals surface area contributed by atoms with Crippen LogP contribution in [-0.2, 0) is 11.3 Å². The van der Waals surface area contributed by atoms with Crippen LogP contribution in [-0.4, -0.2) is 36.7 Å². The van der Waals surface area contributed by atoms with E-state index in [2.05, 4.69) is 15.4 Å². The Morgan fingerprint density at radius 2 is 2.32 bits per heavy atom. The molecule has 102 valence electrons. The van der Waals surface area contributed by atoms with E-state index in [1.807, 2.05) is 18.4 Å². The number of carboxylic acid groups (broad SMARTS) is 1. The predicted molar refractivity (Wildman–Crippen MR) is 68.1 cm³/mol. The number of hydrogen-bond acceptors (Lipinski definition) is 6. The molecular formula is C11H14N4O3S. The van der Waals surface area contributed by atoms with Crippen LogP contribution in [0.5, 0.6) is 0 Å². The van der Waals surface area contributed by atoms with Crippen molar-refractivity contribution in [1.29, 1.82) is 0 Å². The fourth-order valence-corrected chi connectivity index (χ4v) is 2.25. The third-order valence-electron chi connectivity index (χ3n) is 2.40. The maximum Gasteiger partial charge on any atom is 0.313 e. The smallest absolute Gasteiger partial charge is 0.313 e. The van der Waals surface area contributed by atoms with Crippen molar-refractivity contribution in [2.45, 2.75) is 31.5 Å². The van der Waals surface area contributed by atoms with Crippen LogP contribution in [0.4, 0.5) is 0 Å². The van der Waals surface area contributed by atoms with Crippen molar-refractivity contribution in [3.63, 3.8) is 0 Å². The Labute approximate surface area is 114 Å². The van der Waals surface area contributed by atoms with Gasteiger partial charge in [-0.2, -0.15) is 0 Å². The second-order valence-electron chi connectivity index (χ2n) is 4.25. The first kappa shape index (κ1) is 13.6. The Bertz CT molecular complexity index is 550. The average Bonchev–Trinajstić information content (AvgIpc) is 2.96. The minimum absolute atomic E-state index is 0.0466. The molecule has 8 heteroatoms. The first-order valence-corrected chi connectivity index (χ1v) is 6.73. The van der Waals surface area contributed by atoms with Gasteiger partial charge in [0.05, 0.1) is 12.3 Å². The summed E-state index contributed by atoms with van der Waals surface area (Å²) >= 11 is 1.15. The van der Waals surface area contributed by atoms with E-state index in [-0.39, 0.29) is 11.7 Å². The summed E-state index contributed by atoms with van der Waals surface area (Å²) in [6.07, 6.45) is 1.50. The van der Waals surface area contributed by atoms with Crippen molar-refractivity contribution in [2.24, 2.45) is 0 Å². The number of thioether (sulfide) groups is 1. The normalized spacial score (nSPS) is 11.1. The first-order valence-electron chi connectivity index (χ1n) is 5.75. The lowest BCUT2D eigenvalue weighted by Crippen LogP contribution is -2.09. The Morgan fingerprint density at radius 3 is 2.89 bits per heavy atom. The Hall–Kier alpha value is -1.83. The molecule has 2 aromatic heterocycles. The molecule has 2 aromatic rings. The molecule has 0 aromatic carbocycles. The van der Waals surface area contributed by atoms with Crippen LogP contribution in [0.2, 0.25) is 0 Å². The topological polar surface area (TPSA) is 94.0 Å². The van der Waals surface area contributed by atoms with Crippen LogP contribution in [0.3, 0.4) is 0 Å². The van der Waals surface area contributed by atoms with Gasteiger partial charge in [-0.1, -0.05) is 30.8 Å². The summed E-state index contributed by atoms with van der Waals surface area (Å²) < 4.78 is 6.67. The summed E-state index contributed by atoms with van der Waals surface area (Å²) in [6.45, 7) is 4.49. The van der Waals surface area contributed by atoms with Crippen LogP contribution in [0.15, 0.2) is 22.0 Å². The lowest BCUT2D eigenvalue weighted by molar-refractivity contribution is -0.133. The van der Waals surface area contributed by atoms with Crippen molar-refractivity contribution in [2.75, 3.05) is 5.75 Å². The van der Waals surface area contributed by atoms with E-state index < -0.39 is 5.97 Å². The molecule has 0 fully saturated rings. The molecule has 0 aliphatic heterocycles. The van der Waals surface area contributed by atoms with E-state index >= 15 is 0 Å². The fourth-order valence-electron chi connectivity index (χ4n) is 1.59. The summed E-state index contributed by atoms with van der Waals surface area (Å²) in [7, 11) is 0. The van der Waals surface area contributed by atoms with Crippen molar-refractivity contribution < 1.29 is 14.4 Å². The van der Waals surface area contributed by atoms with Gasteiger partial charge in [0.2, 0.25) is 0 Å². The number of rotatable bonds is 6. The molecule has 0 unspecified atom stereocenters. The molecule has 0 atom stereocenters. The van der Waals surface area contributed by atoms with Gasteiger partial charge in [-0.15, -0.1) is 10.2 Å². The lowest BCUT2D eigenvalue weighted by atomic mass is 10.2. The number of aromatic nitrogens is 4. The van der Waals surface area contributed by atoms with Crippen LogP contribution in [0, 0.1) is 0 Å². The highest BCUT2D eigenvalue weighted by atomic mass is 32.2. The van der Waals surface area contributed by atoms with Gasteiger partial charge in [-0.25, -0.2) is 0 Å². The van der Waals surface area contributed by atoms with Gasteiger partial charge in [-0.05, 0) is 0 Å². The molecule has 0 spiro atoms. The second-order valence-corrected chi connectivity index (χ2v) is 5.20. The Kier molecular flexibility index (Phi) is 4.20. The van der Waals surface area contributed by atoms with E-state index in [1.54, 1.807) is 6.07 Å². The molecule has 7 nitrogen and oxygen atoms in total. The van der Waals surface area contributed by atoms with Crippen molar-refractivity contribution in [1.82, 2.24) is 19.9 Å². The Balaban J connectivity index is 2.25. The highest BCUT2D eigenvalue weighted by Gasteiger charge is 2.17. The minimum Gasteiger partial charge on any atom is -0.481 e. The van der Waals surface area contributed by atoms with E-state index in [9.17, 15) is 4.79 Å². The van der Waals surface area contributed by atoms with Crippen LogP contribution in [0.1, 0.15) is 31.3 Å². The molecule has 0 radical (unpaired) electrons. The molecule has 0 saturated heterocycles. The van der Waals surface area contributed by atoms with Crippen LogP contribution in [0.25, 0.3) is 0 Å². The highest BCUT2D eigenvalue weighted by molar-refractivity contribution is 7.99. The van der Waals surface area contributed by atoms with E-state index in [4.69, 9.17) is 9.63 Å². The maximum atomic E-state index is 10.6. The quantitative estimate of drug-likeness (QED) is 0.804. The van der Waals surface area contributed by atoms with Gasteiger partial charge < -0.3 is 9.63 Å². The third-order valence-corrected chi connectivity index (χ3v) is 3.35. The average molecular weight is 282 g/mol. The predicted octanol–water partition coefficient (Wildman–Crippen LogP) is 1.61. The Morgan fingerprint density at radius 1 is 1.53 bits per heavy atom. The highest BCUT2D eigenvalue weighted by Crippen LogP contribution is 2.22. The number of carbonyl (C=O) groups is 1. The maximum absolute atomic E-state index is 10.6. The summed E-state index contributed by atoms with van der Waals surface area (Å²) in [6, 6.07) is 1.76. The van der Waals surface area contributed by atoms with Gasteiger partial charge in [0.25, 0.3) is 0 Å². The minimum atomic E-state index is -0.882. The molecule has 0 amide bonds. The van der Waals surface area contributed by atoms with E-state index in [0.29, 0.717) is 11.7 Å². The summed E-state index contributed by atoms with van der Waals surface area (Å²) in [5.74, 6) is 0.0660. The number of aliphatic carboxylic acids is 1. The van der Waals surface area contributed by atoms with Crippen LogP contribution < -0.4 is 0 Å². The van der Waals surface area contributed by atoms with Crippen molar-refractivity contribution in [3.8, 4) is 0 Å². The zero-order valence-electron chi connectivity index (χ0n) is 10.6. The molecule has 2 rings (SSSR count). The first-order chi connectivity index (χ1) is 9.08. The zero-order valence-corrected chi connectivity index (χ0v) is 11.4. The number of hydrogen-bond donors (Lipinski definition) is 1. The van der Waals surface area contributed by atoms with Crippen molar-refractivity contribution >= 4 is 17.7 Å². The number of nitrogens with zero attached hydrogens (tertiary/aromatic N) is 4. The van der Waals surface area contributed by atoms with Crippen molar-refractivity contribution in [3.05, 3.63) is 23.8 Å². The summed E-state index contributed by atoms with van der Waals surface area (Å²) in [4.78, 5) is 10.6. The SMILES string of the molecule is CC(C)c1nnc(SCC(=O)O)n1Cc1ccon1. The molecular weight excluding hydrogens is 268 g/mol. The second kappa shape index (κ2) is 5.87. The van der Waals surface area contributed by atoms with E-state index in [0.717, 1.165) is 23.3 Å². The van der Waals surface area contributed by atoms with Gasteiger partial charge >= 0.3 is 5.97 Å². The van der Waals surface area contributed by atoms with Gasteiger partial charge in [0, 0.05) is 12.0 Å². The molecule has 0 bridgehead atoms. The van der Waals surface area contributed by atoms with Crippen LogP contribution >= 0.6 is 11.8 Å². The third kappa shape index (κ3) is 3.34. The number of carboxylic acids is 1.